The van der Waals surface area contributed by atoms with E-state index in [0.29, 0.717) is 0 Å². The van der Waals surface area contributed by atoms with E-state index in [1.807, 2.05) is 0 Å². The van der Waals surface area contributed by atoms with Gasteiger partial charge in [0.2, 0.25) is 0 Å². The Morgan fingerprint density at radius 3 is 1.84 bits per heavy atom. The standard InChI is InChI=1S/C35H50O2Si/c1-32(2,3)23-18-19-26-27-21-24(33(4,5)6)22-29(34(7,8)9)30(27)36-38(25-16-14-13-15-17-25)37-31(28(26)20-23)35(10,11)12/h13-17,20-22,30,38H,18-19H2,1-12H3/b27-26-,31-28?. The van der Waals surface area contributed by atoms with Crippen LogP contribution in [0.4, 0.5) is 0 Å². The molecule has 0 N–H and O–H groups in total. The summed E-state index contributed by atoms with van der Waals surface area (Å²) in [6.07, 6.45) is 9.36. The van der Waals surface area contributed by atoms with E-state index in [1.165, 1.54) is 38.6 Å². The summed E-state index contributed by atoms with van der Waals surface area (Å²) >= 11 is 0. The normalized spacial score (nSPS) is 25.3. The monoisotopic (exact) mass is 530 g/mol. The lowest BCUT2D eigenvalue weighted by Gasteiger charge is -2.43. The first-order valence-electron chi connectivity index (χ1n) is 14.4. The summed E-state index contributed by atoms with van der Waals surface area (Å²) in [5.41, 5.74) is 8.27. The third kappa shape index (κ3) is 5.89. The lowest BCUT2D eigenvalue weighted by atomic mass is 9.69. The van der Waals surface area contributed by atoms with E-state index in [-0.39, 0.29) is 27.8 Å². The van der Waals surface area contributed by atoms with Crippen LogP contribution in [-0.2, 0) is 8.85 Å². The molecule has 3 aliphatic rings. The van der Waals surface area contributed by atoms with E-state index in [4.69, 9.17) is 8.85 Å². The van der Waals surface area contributed by atoms with Crippen LogP contribution in [0.5, 0.6) is 0 Å². The molecule has 2 aliphatic carbocycles. The molecule has 0 bridgehead atoms. The van der Waals surface area contributed by atoms with Crippen molar-refractivity contribution in [1.82, 2.24) is 0 Å². The summed E-state index contributed by atoms with van der Waals surface area (Å²) < 4.78 is 14.4. The molecule has 206 valence electrons. The molecule has 0 fully saturated rings. The fraction of sp³-hybridized carbons (Fsp3) is 0.543. The van der Waals surface area contributed by atoms with Crippen LogP contribution in [-0.4, -0.2) is 15.4 Å². The maximum absolute atomic E-state index is 7.24. The van der Waals surface area contributed by atoms with Crippen molar-refractivity contribution in [3.05, 3.63) is 87.8 Å². The van der Waals surface area contributed by atoms with Gasteiger partial charge in [-0.25, -0.2) is 0 Å². The molecule has 4 rings (SSSR count). The number of allylic oxidation sites excluding steroid dienone is 7. The van der Waals surface area contributed by atoms with Gasteiger partial charge in [0.15, 0.2) is 0 Å². The Balaban J connectivity index is 2.10. The lowest BCUT2D eigenvalue weighted by molar-refractivity contribution is 0.171. The van der Waals surface area contributed by atoms with Gasteiger partial charge in [-0.1, -0.05) is 137 Å². The molecule has 1 aromatic carbocycles. The maximum Gasteiger partial charge on any atom is 0.417 e. The van der Waals surface area contributed by atoms with E-state index in [0.717, 1.165) is 18.6 Å². The predicted molar refractivity (Wildman–Crippen MR) is 165 cm³/mol. The Kier molecular flexibility index (Phi) is 7.47. The molecular formula is C35H50O2Si. The summed E-state index contributed by atoms with van der Waals surface area (Å²) in [4.78, 5) is 0. The van der Waals surface area contributed by atoms with Crippen molar-refractivity contribution in [2.24, 2.45) is 21.7 Å². The molecule has 1 aliphatic heterocycles. The fourth-order valence-corrected chi connectivity index (χ4v) is 7.73. The molecule has 0 spiro atoms. The van der Waals surface area contributed by atoms with E-state index in [2.05, 4.69) is 132 Å². The van der Waals surface area contributed by atoms with Gasteiger partial charge in [0.25, 0.3) is 0 Å². The lowest BCUT2D eigenvalue weighted by Crippen LogP contribution is -2.45. The van der Waals surface area contributed by atoms with E-state index in [9.17, 15) is 0 Å². The first kappa shape index (κ1) is 28.9. The van der Waals surface area contributed by atoms with Gasteiger partial charge in [0, 0.05) is 16.2 Å². The molecule has 0 amide bonds. The summed E-state index contributed by atoms with van der Waals surface area (Å²) in [6, 6.07) is 10.7. The molecule has 2 nitrogen and oxygen atoms in total. The Bertz CT molecular complexity index is 1230. The summed E-state index contributed by atoms with van der Waals surface area (Å²) in [5, 5.41) is 1.19. The molecule has 1 aromatic rings. The van der Waals surface area contributed by atoms with Crippen molar-refractivity contribution in [1.29, 1.82) is 0 Å². The molecule has 2 unspecified atom stereocenters. The molecule has 0 saturated heterocycles. The Morgan fingerprint density at radius 1 is 0.684 bits per heavy atom. The maximum atomic E-state index is 7.24. The van der Waals surface area contributed by atoms with Crippen LogP contribution in [0.2, 0.25) is 0 Å². The molecule has 3 heteroatoms. The molecular weight excluding hydrogens is 480 g/mol. The zero-order valence-corrected chi connectivity index (χ0v) is 27.2. The minimum absolute atomic E-state index is 0.0338. The third-order valence-electron chi connectivity index (χ3n) is 8.00. The molecule has 1 heterocycles. The quantitative estimate of drug-likeness (QED) is 0.338. The highest BCUT2D eigenvalue weighted by atomic mass is 28.3. The first-order chi connectivity index (χ1) is 17.4. The van der Waals surface area contributed by atoms with Crippen LogP contribution in [0.25, 0.3) is 0 Å². The molecule has 0 aromatic heterocycles. The zero-order valence-electron chi connectivity index (χ0n) is 26.0. The predicted octanol–water partition coefficient (Wildman–Crippen LogP) is 8.85. The van der Waals surface area contributed by atoms with Crippen molar-refractivity contribution in [3.63, 3.8) is 0 Å². The Hall–Kier alpha value is -2.10. The number of fused-ring (bicyclic) bond motifs is 2. The van der Waals surface area contributed by atoms with Gasteiger partial charge in [-0.05, 0) is 51.4 Å². The van der Waals surface area contributed by atoms with Gasteiger partial charge in [-0.2, -0.15) is 0 Å². The van der Waals surface area contributed by atoms with E-state index >= 15 is 0 Å². The van der Waals surface area contributed by atoms with Crippen molar-refractivity contribution < 1.29 is 8.85 Å². The van der Waals surface area contributed by atoms with Gasteiger partial charge in [-0.15, -0.1) is 0 Å². The molecule has 38 heavy (non-hydrogen) atoms. The van der Waals surface area contributed by atoms with Gasteiger partial charge in [-0.3, -0.25) is 0 Å². The minimum atomic E-state index is -2.30. The van der Waals surface area contributed by atoms with Crippen molar-refractivity contribution in [2.75, 3.05) is 0 Å². The average molecular weight is 531 g/mol. The van der Waals surface area contributed by atoms with Crippen molar-refractivity contribution in [3.8, 4) is 0 Å². The van der Waals surface area contributed by atoms with Crippen LogP contribution in [0.15, 0.2) is 87.8 Å². The highest BCUT2D eigenvalue weighted by Gasteiger charge is 2.42. The SMILES string of the molecule is CC(C)(C)C1=C/C2=C3\CCC(C(C)(C)C)=CC3=C(C(C)(C)C)O[SiH](c3ccccc3)OC2C(C(C)(C)C)=C1. The van der Waals surface area contributed by atoms with Crippen molar-refractivity contribution >= 4 is 14.5 Å². The fourth-order valence-electron chi connectivity index (χ4n) is 5.61. The van der Waals surface area contributed by atoms with E-state index < -0.39 is 9.28 Å². The van der Waals surface area contributed by atoms with Gasteiger partial charge >= 0.3 is 9.28 Å². The minimum Gasteiger partial charge on any atom is -0.522 e. The van der Waals surface area contributed by atoms with Crippen LogP contribution in [0.1, 0.15) is 95.9 Å². The van der Waals surface area contributed by atoms with Gasteiger partial charge < -0.3 is 8.85 Å². The Morgan fingerprint density at radius 2 is 1.32 bits per heavy atom. The molecule has 0 saturated carbocycles. The highest BCUT2D eigenvalue weighted by molar-refractivity contribution is 6.61. The smallest absolute Gasteiger partial charge is 0.417 e. The highest BCUT2D eigenvalue weighted by Crippen LogP contribution is 2.49. The second-order valence-electron chi connectivity index (χ2n) is 15.4. The largest absolute Gasteiger partial charge is 0.522 e. The number of hydrogen-bond acceptors (Lipinski definition) is 2. The number of rotatable bonds is 1. The summed E-state index contributed by atoms with van der Waals surface area (Å²) in [6.45, 7) is 27.8. The first-order valence-corrected chi connectivity index (χ1v) is 15.9. The van der Waals surface area contributed by atoms with Gasteiger partial charge in [0.1, 0.15) is 0 Å². The van der Waals surface area contributed by atoms with Crippen LogP contribution < -0.4 is 5.19 Å². The third-order valence-corrected chi connectivity index (χ3v) is 9.90. The second kappa shape index (κ2) is 9.82. The number of hydrogen-bond donors (Lipinski definition) is 0. The van der Waals surface area contributed by atoms with Crippen LogP contribution >= 0.6 is 0 Å². The van der Waals surface area contributed by atoms with E-state index in [1.54, 1.807) is 0 Å². The summed E-state index contributed by atoms with van der Waals surface area (Å²) in [5.74, 6) is 1.08. The van der Waals surface area contributed by atoms with Crippen molar-refractivity contribution in [2.45, 2.75) is 102 Å². The molecule has 2 atom stereocenters. The second-order valence-corrected chi connectivity index (χ2v) is 17.3. The average Bonchev–Trinajstić information content (AvgIpc) is 2.77. The number of benzene rings is 1. The van der Waals surface area contributed by atoms with Crippen LogP contribution in [0.3, 0.4) is 0 Å². The zero-order chi connectivity index (χ0) is 28.3. The van der Waals surface area contributed by atoms with Gasteiger partial charge in [0.05, 0.1) is 11.9 Å². The van der Waals surface area contributed by atoms with Crippen LogP contribution in [0, 0.1) is 21.7 Å². The summed E-state index contributed by atoms with van der Waals surface area (Å²) in [7, 11) is -2.30. The Labute approximate surface area is 234 Å². The molecule has 0 radical (unpaired) electrons. The topological polar surface area (TPSA) is 18.5 Å².